The van der Waals surface area contributed by atoms with Gasteiger partial charge in [0.1, 0.15) is 0 Å². The highest BCUT2D eigenvalue weighted by Gasteiger charge is 2.41. The fourth-order valence-electron chi connectivity index (χ4n) is 3.13. The van der Waals surface area contributed by atoms with Gasteiger partial charge in [-0.05, 0) is 30.9 Å². The quantitative estimate of drug-likeness (QED) is 0.820. The molecule has 0 aromatic rings. The van der Waals surface area contributed by atoms with Gasteiger partial charge in [0.05, 0.1) is 5.54 Å². The van der Waals surface area contributed by atoms with Gasteiger partial charge in [-0.3, -0.25) is 4.79 Å². The minimum Gasteiger partial charge on any atom is -0.340 e. The molecule has 1 aliphatic heterocycles. The SMILES string of the molecule is CC1CCCC(N)(C(=O)N(C)C2CCSC2)C1. The van der Waals surface area contributed by atoms with Crippen molar-refractivity contribution in [3.63, 3.8) is 0 Å². The number of likely N-dealkylation sites (N-methyl/N-ethyl adjacent to an activating group) is 1. The van der Waals surface area contributed by atoms with E-state index in [-0.39, 0.29) is 5.91 Å². The summed E-state index contributed by atoms with van der Waals surface area (Å²) < 4.78 is 0. The molecule has 0 aromatic carbocycles. The zero-order valence-corrected chi connectivity index (χ0v) is 11.8. The Morgan fingerprint density at radius 3 is 2.82 bits per heavy atom. The largest absolute Gasteiger partial charge is 0.340 e. The molecule has 0 bridgehead atoms. The van der Waals surface area contributed by atoms with Crippen molar-refractivity contribution >= 4 is 17.7 Å². The molecule has 2 rings (SSSR count). The number of carbonyl (C=O) groups is 1. The average Bonchev–Trinajstić information content (AvgIpc) is 2.80. The number of nitrogens with two attached hydrogens (primary N) is 1. The lowest BCUT2D eigenvalue weighted by atomic mass is 9.76. The molecule has 1 saturated heterocycles. The highest BCUT2D eigenvalue weighted by molar-refractivity contribution is 7.99. The zero-order valence-electron chi connectivity index (χ0n) is 10.9. The lowest BCUT2D eigenvalue weighted by Crippen LogP contribution is -2.58. The van der Waals surface area contributed by atoms with Crippen molar-refractivity contribution in [1.82, 2.24) is 4.90 Å². The minimum atomic E-state index is -0.584. The summed E-state index contributed by atoms with van der Waals surface area (Å²) in [6, 6.07) is 0.408. The van der Waals surface area contributed by atoms with Crippen molar-refractivity contribution in [2.75, 3.05) is 18.6 Å². The van der Waals surface area contributed by atoms with Crippen molar-refractivity contribution in [2.45, 2.75) is 50.6 Å². The van der Waals surface area contributed by atoms with Gasteiger partial charge in [-0.15, -0.1) is 0 Å². The van der Waals surface area contributed by atoms with Crippen molar-refractivity contribution in [1.29, 1.82) is 0 Å². The monoisotopic (exact) mass is 256 g/mol. The summed E-state index contributed by atoms with van der Waals surface area (Å²) >= 11 is 1.94. The van der Waals surface area contributed by atoms with E-state index in [9.17, 15) is 4.79 Å². The predicted molar refractivity (Wildman–Crippen MR) is 73.1 cm³/mol. The van der Waals surface area contributed by atoms with E-state index in [0.29, 0.717) is 12.0 Å². The van der Waals surface area contributed by atoms with Crippen molar-refractivity contribution in [2.24, 2.45) is 11.7 Å². The molecular formula is C13H24N2OS. The van der Waals surface area contributed by atoms with Crippen LogP contribution in [-0.2, 0) is 4.79 Å². The summed E-state index contributed by atoms with van der Waals surface area (Å²) in [5, 5.41) is 0. The van der Waals surface area contributed by atoms with E-state index in [1.165, 1.54) is 12.2 Å². The van der Waals surface area contributed by atoms with Gasteiger partial charge in [-0.25, -0.2) is 0 Å². The van der Waals surface area contributed by atoms with Crippen molar-refractivity contribution < 1.29 is 4.79 Å². The summed E-state index contributed by atoms with van der Waals surface area (Å²) in [5.41, 5.74) is 5.78. The van der Waals surface area contributed by atoms with E-state index in [1.54, 1.807) is 0 Å². The Morgan fingerprint density at radius 2 is 2.24 bits per heavy atom. The molecule has 2 fully saturated rings. The molecule has 1 aliphatic carbocycles. The lowest BCUT2D eigenvalue weighted by Gasteiger charge is -2.39. The third kappa shape index (κ3) is 2.79. The first-order chi connectivity index (χ1) is 8.03. The molecule has 98 valence electrons. The van der Waals surface area contributed by atoms with Gasteiger partial charge in [0.25, 0.3) is 0 Å². The Kier molecular flexibility index (Phi) is 4.03. The van der Waals surface area contributed by atoms with Gasteiger partial charge in [0.15, 0.2) is 0 Å². The van der Waals surface area contributed by atoms with Crippen LogP contribution in [0.2, 0.25) is 0 Å². The van der Waals surface area contributed by atoms with Gasteiger partial charge in [0.2, 0.25) is 5.91 Å². The third-order valence-electron chi connectivity index (χ3n) is 4.23. The molecule has 3 unspecified atom stereocenters. The molecule has 3 nitrogen and oxygen atoms in total. The van der Waals surface area contributed by atoms with Crippen LogP contribution in [0.3, 0.4) is 0 Å². The van der Waals surface area contributed by atoms with E-state index in [1.807, 2.05) is 23.7 Å². The van der Waals surface area contributed by atoms with Gasteiger partial charge >= 0.3 is 0 Å². The second-order valence-electron chi connectivity index (χ2n) is 5.79. The number of carbonyl (C=O) groups excluding carboxylic acids is 1. The topological polar surface area (TPSA) is 46.3 Å². The Morgan fingerprint density at radius 1 is 1.47 bits per heavy atom. The number of rotatable bonds is 2. The summed E-state index contributed by atoms with van der Waals surface area (Å²) in [4.78, 5) is 14.5. The Labute approximate surface area is 108 Å². The number of hydrogen-bond donors (Lipinski definition) is 1. The molecule has 4 heteroatoms. The van der Waals surface area contributed by atoms with Crippen LogP contribution < -0.4 is 5.73 Å². The Bertz CT molecular complexity index is 291. The van der Waals surface area contributed by atoms with E-state index >= 15 is 0 Å². The van der Waals surface area contributed by atoms with Gasteiger partial charge in [0, 0.05) is 18.8 Å². The third-order valence-corrected chi connectivity index (χ3v) is 5.38. The second kappa shape index (κ2) is 5.19. The smallest absolute Gasteiger partial charge is 0.242 e. The number of thioether (sulfide) groups is 1. The minimum absolute atomic E-state index is 0.177. The summed E-state index contributed by atoms with van der Waals surface area (Å²) in [6.45, 7) is 2.21. The van der Waals surface area contributed by atoms with Crippen molar-refractivity contribution in [3.05, 3.63) is 0 Å². The number of amides is 1. The molecule has 1 heterocycles. The molecule has 1 amide bonds. The molecule has 2 aliphatic rings. The van der Waals surface area contributed by atoms with Crippen LogP contribution in [0.15, 0.2) is 0 Å². The van der Waals surface area contributed by atoms with E-state index in [4.69, 9.17) is 5.73 Å². The van der Waals surface area contributed by atoms with Gasteiger partial charge < -0.3 is 10.6 Å². The van der Waals surface area contributed by atoms with Crippen LogP contribution in [0.25, 0.3) is 0 Å². The van der Waals surface area contributed by atoms with Crippen LogP contribution >= 0.6 is 11.8 Å². The van der Waals surface area contributed by atoms with Crippen LogP contribution in [0.4, 0.5) is 0 Å². The first-order valence-corrected chi connectivity index (χ1v) is 7.82. The molecule has 0 radical (unpaired) electrons. The van der Waals surface area contributed by atoms with Gasteiger partial charge in [-0.1, -0.05) is 19.8 Å². The highest BCUT2D eigenvalue weighted by Crippen LogP contribution is 2.33. The van der Waals surface area contributed by atoms with Crippen molar-refractivity contribution in [3.8, 4) is 0 Å². The number of nitrogens with zero attached hydrogens (tertiary/aromatic N) is 1. The van der Waals surface area contributed by atoms with Crippen LogP contribution in [0.1, 0.15) is 39.0 Å². The molecule has 17 heavy (non-hydrogen) atoms. The molecule has 3 atom stereocenters. The van der Waals surface area contributed by atoms with Gasteiger partial charge in [-0.2, -0.15) is 11.8 Å². The number of hydrogen-bond acceptors (Lipinski definition) is 3. The maximum atomic E-state index is 12.5. The van der Waals surface area contributed by atoms with Crippen LogP contribution in [-0.4, -0.2) is 40.9 Å². The molecule has 0 spiro atoms. The lowest BCUT2D eigenvalue weighted by molar-refractivity contribution is -0.139. The van der Waals surface area contributed by atoms with E-state index in [2.05, 4.69) is 6.92 Å². The van der Waals surface area contributed by atoms with Crippen LogP contribution in [0.5, 0.6) is 0 Å². The maximum Gasteiger partial charge on any atom is 0.242 e. The molecule has 1 saturated carbocycles. The molecule has 2 N–H and O–H groups in total. The summed E-state index contributed by atoms with van der Waals surface area (Å²) in [6.07, 6.45) is 5.15. The molecule has 0 aromatic heterocycles. The zero-order chi connectivity index (χ0) is 12.5. The summed E-state index contributed by atoms with van der Waals surface area (Å²) in [7, 11) is 1.94. The highest BCUT2D eigenvalue weighted by atomic mass is 32.2. The average molecular weight is 256 g/mol. The standard InChI is InChI=1S/C13H24N2OS/c1-10-4-3-6-13(14,8-10)12(16)15(2)11-5-7-17-9-11/h10-11H,3-9,14H2,1-2H3. The summed E-state index contributed by atoms with van der Waals surface area (Å²) in [5.74, 6) is 3.02. The molecular weight excluding hydrogens is 232 g/mol. The first kappa shape index (κ1) is 13.2. The Balaban J connectivity index is 2.01. The fourth-order valence-corrected chi connectivity index (χ4v) is 4.40. The van der Waals surface area contributed by atoms with E-state index in [0.717, 1.165) is 31.4 Å². The van der Waals surface area contributed by atoms with Crippen LogP contribution in [0, 0.1) is 5.92 Å². The van der Waals surface area contributed by atoms with E-state index < -0.39 is 5.54 Å². The first-order valence-electron chi connectivity index (χ1n) is 6.67. The maximum absolute atomic E-state index is 12.5. The predicted octanol–water partition coefficient (Wildman–Crippen LogP) is 1.86. The Hall–Kier alpha value is -0.220. The second-order valence-corrected chi connectivity index (χ2v) is 6.94. The normalized spacial score (nSPS) is 38.1. The fraction of sp³-hybridized carbons (Fsp3) is 0.923.